The van der Waals surface area contributed by atoms with Gasteiger partial charge in [-0.05, 0) is 56.4 Å². The molecule has 0 saturated carbocycles. The summed E-state index contributed by atoms with van der Waals surface area (Å²) in [5.41, 5.74) is 3.87. The number of anilines is 1. The van der Waals surface area contributed by atoms with E-state index in [1.165, 1.54) is 7.11 Å². The van der Waals surface area contributed by atoms with E-state index in [2.05, 4.69) is 0 Å². The second-order valence-corrected chi connectivity index (χ2v) is 7.66. The Morgan fingerprint density at radius 3 is 2.45 bits per heavy atom. The van der Waals surface area contributed by atoms with Crippen molar-refractivity contribution in [1.29, 1.82) is 0 Å². The molecule has 2 atom stereocenters. The molecule has 1 heterocycles. The Kier molecular flexibility index (Phi) is 6.57. The molecule has 0 spiro atoms. The largest absolute Gasteiger partial charge is 0.493 e. The van der Waals surface area contributed by atoms with E-state index < -0.39 is 0 Å². The number of benzene rings is 2. The minimum absolute atomic E-state index is 0.0540. The SMILES string of the molecule is COC(=O)C1CC(C)N(C(=O)CCCOc2c(C)cccc2C)c2ccccc21. The maximum absolute atomic E-state index is 13.0. The Morgan fingerprint density at radius 2 is 1.76 bits per heavy atom. The predicted octanol–water partition coefficient (Wildman–Crippen LogP) is 4.54. The van der Waals surface area contributed by atoms with E-state index in [9.17, 15) is 9.59 Å². The van der Waals surface area contributed by atoms with E-state index in [0.717, 1.165) is 28.1 Å². The molecule has 0 saturated heterocycles. The van der Waals surface area contributed by atoms with Crippen molar-refractivity contribution >= 4 is 17.6 Å². The van der Waals surface area contributed by atoms with Crippen LogP contribution in [0.1, 0.15) is 48.8 Å². The number of nitrogens with zero attached hydrogens (tertiary/aromatic N) is 1. The lowest BCUT2D eigenvalue weighted by atomic mass is 9.86. The quantitative estimate of drug-likeness (QED) is 0.532. The number of hydrogen-bond acceptors (Lipinski definition) is 4. The Balaban J connectivity index is 1.66. The van der Waals surface area contributed by atoms with Gasteiger partial charge in [0.15, 0.2) is 0 Å². The van der Waals surface area contributed by atoms with Gasteiger partial charge in [0.25, 0.3) is 0 Å². The first kappa shape index (κ1) is 20.9. The van der Waals surface area contributed by atoms with Crippen LogP contribution in [0.3, 0.4) is 0 Å². The van der Waals surface area contributed by atoms with Crippen molar-refractivity contribution in [2.75, 3.05) is 18.6 Å². The number of rotatable bonds is 6. The van der Waals surface area contributed by atoms with Crippen molar-refractivity contribution in [2.24, 2.45) is 0 Å². The number of hydrogen-bond donors (Lipinski definition) is 0. The zero-order valence-corrected chi connectivity index (χ0v) is 17.6. The highest BCUT2D eigenvalue weighted by Gasteiger charge is 2.37. The zero-order valence-electron chi connectivity index (χ0n) is 17.6. The van der Waals surface area contributed by atoms with Crippen LogP contribution in [0.5, 0.6) is 5.75 Å². The number of amides is 1. The Labute approximate surface area is 172 Å². The van der Waals surface area contributed by atoms with Crippen LogP contribution < -0.4 is 9.64 Å². The third-order valence-corrected chi connectivity index (χ3v) is 5.53. The van der Waals surface area contributed by atoms with Gasteiger partial charge >= 0.3 is 5.97 Å². The van der Waals surface area contributed by atoms with Crippen molar-refractivity contribution in [3.05, 3.63) is 59.2 Å². The standard InChI is InChI=1S/C24H29NO4/c1-16-9-7-10-17(2)23(16)29-14-8-13-22(26)25-18(3)15-20(24(27)28-4)19-11-5-6-12-21(19)25/h5-7,9-12,18,20H,8,13-15H2,1-4H3. The molecule has 1 amide bonds. The van der Waals surface area contributed by atoms with Crippen molar-refractivity contribution < 1.29 is 19.1 Å². The van der Waals surface area contributed by atoms with Crippen LogP contribution in [0.15, 0.2) is 42.5 Å². The van der Waals surface area contributed by atoms with Crippen molar-refractivity contribution in [3.63, 3.8) is 0 Å². The van der Waals surface area contributed by atoms with Gasteiger partial charge in [-0.3, -0.25) is 9.59 Å². The monoisotopic (exact) mass is 395 g/mol. The molecule has 0 N–H and O–H groups in total. The molecule has 5 nitrogen and oxygen atoms in total. The third-order valence-electron chi connectivity index (χ3n) is 5.53. The maximum Gasteiger partial charge on any atom is 0.313 e. The van der Waals surface area contributed by atoms with Gasteiger partial charge in [-0.1, -0.05) is 36.4 Å². The summed E-state index contributed by atoms with van der Waals surface area (Å²) in [5, 5.41) is 0. The molecule has 2 unspecified atom stereocenters. The molecule has 0 radical (unpaired) electrons. The smallest absolute Gasteiger partial charge is 0.313 e. The molecule has 1 aliphatic heterocycles. The fourth-order valence-electron chi connectivity index (χ4n) is 4.10. The second-order valence-electron chi connectivity index (χ2n) is 7.66. The van der Waals surface area contributed by atoms with Crippen LogP contribution >= 0.6 is 0 Å². The van der Waals surface area contributed by atoms with E-state index in [4.69, 9.17) is 9.47 Å². The van der Waals surface area contributed by atoms with E-state index in [0.29, 0.717) is 25.9 Å². The fourth-order valence-corrected chi connectivity index (χ4v) is 4.10. The number of para-hydroxylation sites is 2. The first-order chi connectivity index (χ1) is 13.9. The molecule has 2 aromatic carbocycles. The number of esters is 1. The van der Waals surface area contributed by atoms with Crippen LogP contribution in [-0.4, -0.2) is 31.6 Å². The number of fused-ring (bicyclic) bond motifs is 1. The third kappa shape index (κ3) is 4.44. The summed E-state index contributed by atoms with van der Waals surface area (Å²) in [6, 6.07) is 13.6. The first-order valence-electron chi connectivity index (χ1n) is 10.1. The normalized spacial score (nSPS) is 18.1. The molecule has 3 rings (SSSR count). The van der Waals surface area contributed by atoms with Crippen LogP contribution in [0.25, 0.3) is 0 Å². The molecular formula is C24H29NO4. The highest BCUT2D eigenvalue weighted by molar-refractivity contribution is 5.97. The van der Waals surface area contributed by atoms with E-state index >= 15 is 0 Å². The van der Waals surface area contributed by atoms with Crippen LogP contribution in [0.2, 0.25) is 0 Å². The average Bonchev–Trinajstić information content (AvgIpc) is 2.71. The lowest BCUT2D eigenvalue weighted by Gasteiger charge is -2.38. The first-order valence-corrected chi connectivity index (χ1v) is 10.1. The van der Waals surface area contributed by atoms with Crippen molar-refractivity contribution in [2.45, 2.75) is 52.0 Å². The molecule has 0 bridgehead atoms. The van der Waals surface area contributed by atoms with E-state index in [1.54, 1.807) is 0 Å². The van der Waals surface area contributed by atoms with Crippen LogP contribution in [-0.2, 0) is 14.3 Å². The molecule has 154 valence electrons. The number of aryl methyl sites for hydroxylation is 2. The van der Waals surface area contributed by atoms with Gasteiger partial charge in [0.05, 0.1) is 19.6 Å². The molecule has 0 aromatic heterocycles. The van der Waals surface area contributed by atoms with Crippen LogP contribution in [0, 0.1) is 13.8 Å². The van der Waals surface area contributed by atoms with E-state index in [1.807, 2.05) is 68.1 Å². The summed E-state index contributed by atoms with van der Waals surface area (Å²) < 4.78 is 10.9. The summed E-state index contributed by atoms with van der Waals surface area (Å²) in [6.07, 6.45) is 1.60. The Hall–Kier alpha value is -2.82. The van der Waals surface area contributed by atoms with Gasteiger partial charge in [0.1, 0.15) is 5.75 Å². The minimum atomic E-state index is -0.331. The summed E-state index contributed by atoms with van der Waals surface area (Å²) >= 11 is 0. The lowest BCUT2D eigenvalue weighted by Crippen LogP contribution is -2.44. The number of carbonyl (C=O) groups excluding carboxylic acids is 2. The summed E-state index contributed by atoms with van der Waals surface area (Å²) in [4.78, 5) is 27.1. The second kappa shape index (κ2) is 9.12. The predicted molar refractivity (Wildman–Crippen MR) is 113 cm³/mol. The van der Waals surface area contributed by atoms with Crippen molar-refractivity contribution in [3.8, 4) is 5.75 Å². The summed E-state index contributed by atoms with van der Waals surface area (Å²) in [7, 11) is 1.41. The molecule has 29 heavy (non-hydrogen) atoms. The van der Waals surface area contributed by atoms with Crippen LogP contribution in [0.4, 0.5) is 5.69 Å². The maximum atomic E-state index is 13.0. The topological polar surface area (TPSA) is 55.8 Å². The van der Waals surface area contributed by atoms with Gasteiger partial charge in [-0.2, -0.15) is 0 Å². The molecule has 5 heteroatoms. The lowest BCUT2D eigenvalue weighted by molar-refractivity contribution is -0.143. The minimum Gasteiger partial charge on any atom is -0.493 e. The summed E-state index contributed by atoms with van der Waals surface area (Å²) in [6.45, 7) is 6.53. The van der Waals surface area contributed by atoms with Crippen molar-refractivity contribution in [1.82, 2.24) is 0 Å². The van der Waals surface area contributed by atoms with Gasteiger partial charge in [-0.15, -0.1) is 0 Å². The fraction of sp³-hybridized carbons (Fsp3) is 0.417. The molecule has 0 fully saturated rings. The highest BCUT2D eigenvalue weighted by atomic mass is 16.5. The van der Waals surface area contributed by atoms with Gasteiger partial charge < -0.3 is 14.4 Å². The number of methoxy groups -OCH3 is 1. The zero-order chi connectivity index (χ0) is 21.0. The number of carbonyl (C=O) groups is 2. The highest BCUT2D eigenvalue weighted by Crippen LogP contribution is 2.39. The van der Waals surface area contributed by atoms with Gasteiger partial charge in [0.2, 0.25) is 5.91 Å². The Morgan fingerprint density at radius 1 is 1.07 bits per heavy atom. The van der Waals surface area contributed by atoms with Gasteiger partial charge in [-0.25, -0.2) is 0 Å². The molecular weight excluding hydrogens is 366 g/mol. The summed E-state index contributed by atoms with van der Waals surface area (Å²) in [5.74, 6) is 0.372. The average molecular weight is 395 g/mol. The number of ether oxygens (including phenoxy) is 2. The van der Waals surface area contributed by atoms with Gasteiger partial charge in [0, 0.05) is 18.2 Å². The van der Waals surface area contributed by atoms with E-state index in [-0.39, 0.29) is 23.8 Å². The molecule has 1 aliphatic rings. The molecule has 2 aromatic rings. The Bertz CT molecular complexity index is 872. The molecule has 0 aliphatic carbocycles.